The van der Waals surface area contributed by atoms with E-state index in [0.717, 1.165) is 29.5 Å². The Morgan fingerprint density at radius 2 is 1.69 bits per heavy atom. The molecule has 3 aromatic rings. The number of amidine groups is 1. The number of thioether (sulfide) groups is 1. The van der Waals surface area contributed by atoms with Gasteiger partial charge in [0.1, 0.15) is 5.25 Å². The Hall–Kier alpha value is -3.30. The lowest BCUT2D eigenvalue weighted by atomic mass is 10.2. The van der Waals surface area contributed by atoms with Crippen molar-refractivity contribution in [2.75, 3.05) is 5.32 Å². The maximum Gasteiger partial charge on any atom is 0.416 e. The quantitative estimate of drug-likeness (QED) is 0.419. The molecule has 35 heavy (non-hydrogen) atoms. The lowest BCUT2D eigenvalue weighted by Crippen LogP contribution is -2.44. The average Bonchev–Trinajstić information content (AvgIpc) is 2.83. The molecule has 5 nitrogen and oxygen atoms in total. The number of amides is 2. The van der Waals surface area contributed by atoms with Gasteiger partial charge in [0.05, 0.1) is 17.8 Å². The van der Waals surface area contributed by atoms with Crippen LogP contribution in [-0.2, 0) is 22.3 Å². The summed E-state index contributed by atoms with van der Waals surface area (Å²) in [7, 11) is 0. The average molecular weight is 518 g/mol. The predicted molar refractivity (Wildman–Crippen MR) is 132 cm³/mol. The molecule has 0 unspecified atom stereocenters. The van der Waals surface area contributed by atoms with Gasteiger partial charge in [-0.25, -0.2) is 4.99 Å². The van der Waals surface area contributed by atoms with E-state index in [9.17, 15) is 22.8 Å². The van der Waals surface area contributed by atoms with Crippen molar-refractivity contribution in [2.24, 2.45) is 4.99 Å². The first-order chi connectivity index (χ1) is 16.7. The zero-order valence-corrected chi connectivity index (χ0v) is 19.7. The third-order valence-electron chi connectivity index (χ3n) is 5.15. The van der Waals surface area contributed by atoms with Crippen LogP contribution in [-0.4, -0.2) is 27.1 Å². The molecule has 0 aromatic heterocycles. The number of carbonyl (C=O) groups excluding carboxylic acids is 2. The van der Waals surface area contributed by atoms with Gasteiger partial charge in [0.15, 0.2) is 5.17 Å². The van der Waals surface area contributed by atoms with E-state index in [2.05, 4.69) is 10.3 Å². The van der Waals surface area contributed by atoms with Crippen molar-refractivity contribution in [3.63, 3.8) is 0 Å². The summed E-state index contributed by atoms with van der Waals surface area (Å²) >= 11 is 6.98. The topological polar surface area (TPSA) is 61.8 Å². The molecule has 1 fully saturated rings. The maximum atomic E-state index is 13.1. The highest BCUT2D eigenvalue weighted by atomic mass is 35.5. The third kappa shape index (κ3) is 6.43. The summed E-state index contributed by atoms with van der Waals surface area (Å²) < 4.78 is 38.8. The van der Waals surface area contributed by atoms with Crippen LogP contribution < -0.4 is 5.32 Å². The maximum absolute atomic E-state index is 13.1. The number of halogens is 4. The van der Waals surface area contributed by atoms with Crippen LogP contribution in [0.3, 0.4) is 0 Å². The highest BCUT2D eigenvalue weighted by molar-refractivity contribution is 8.15. The van der Waals surface area contributed by atoms with E-state index in [1.54, 1.807) is 24.3 Å². The monoisotopic (exact) mass is 517 g/mol. The van der Waals surface area contributed by atoms with E-state index in [4.69, 9.17) is 11.6 Å². The van der Waals surface area contributed by atoms with Crippen LogP contribution in [0.25, 0.3) is 0 Å². The molecule has 0 saturated carbocycles. The lowest BCUT2D eigenvalue weighted by molar-refractivity contribution is -0.137. The first-order valence-corrected chi connectivity index (χ1v) is 11.8. The minimum absolute atomic E-state index is 0.0526. The molecule has 2 amide bonds. The number of carbonyl (C=O) groups is 2. The van der Waals surface area contributed by atoms with Gasteiger partial charge >= 0.3 is 6.18 Å². The Bertz CT molecular complexity index is 1230. The smallest absolute Gasteiger partial charge is 0.325 e. The number of aliphatic imine (C=N–C) groups is 1. The Balaban J connectivity index is 1.60. The second-order valence-corrected chi connectivity index (χ2v) is 9.32. The number of nitrogens with one attached hydrogen (secondary N) is 1. The van der Waals surface area contributed by atoms with Crippen LogP contribution in [0, 0.1) is 0 Å². The molecule has 0 bridgehead atoms. The molecule has 1 heterocycles. The van der Waals surface area contributed by atoms with Gasteiger partial charge in [-0.2, -0.15) is 13.2 Å². The number of hydrogen-bond donors (Lipinski definition) is 1. The number of benzene rings is 3. The largest absolute Gasteiger partial charge is 0.416 e. The molecule has 0 spiro atoms. The Morgan fingerprint density at radius 3 is 2.31 bits per heavy atom. The minimum Gasteiger partial charge on any atom is -0.325 e. The van der Waals surface area contributed by atoms with Gasteiger partial charge in [-0.05, 0) is 54.1 Å². The van der Waals surface area contributed by atoms with Gasteiger partial charge < -0.3 is 5.32 Å². The Morgan fingerprint density at radius 1 is 1.03 bits per heavy atom. The second-order valence-electron chi connectivity index (χ2n) is 7.71. The van der Waals surface area contributed by atoms with Crippen LogP contribution in [0.5, 0.6) is 0 Å². The number of alkyl halides is 3. The summed E-state index contributed by atoms with van der Waals surface area (Å²) in [5.74, 6) is -0.695. The van der Waals surface area contributed by atoms with Crippen molar-refractivity contribution in [2.45, 2.75) is 24.4 Å². The Kier molecular flexibility index (Phi) is 7.47. The SMILES string of the molecule is O=C(Nc1ccc(Cl)cc1)[C@@H]1CC(=O)N(Cc2ccccc2)C(=Nc2ccc(C(F)(F)F)cc2)S1. The van der Waals surface area contributed by atoms with Crippen molar-refractivity contribution >= 4 is 51.7 Å². The van der Waals surface area contributed by atoms with Crippen LogP contribution in [0.15, 0.2) is 83.9 Å². The van der Waals surface area contributed by atoms with Crippen molar-refractivity contribution < 1.29 is 22.8 Å². The van der Waals surface area contributed by atoms with Gasteiger partial charge in [-0.3, -0.25) is 14.5 Å². The molecule has 1 N–H and O–H groups in total. The molecule has 1 atom stereocenters. The van der Waals surface area contributed by atoms with Gasteiger partial charge in [-0.1, -0.05) is 53.7 Å². The zero-order chi connectivity index (χ0) is 25.0. The van der Waals surface area contributed by atoms with E-state index >= 15 is 0 Å². The van der Waals surface area contributed by atoms with Gasteiger partial charge in [0, 0.05) is 17.1 Å². The predicted octanol–water partition coefficient (Wildman–Crippen LogP) is 6.52. The molecule has 1 aliphatic rings. The van der Waals surface area contributed by atoms with Crippen LogP contribution in [0.1, 0.15) is 17.5 Å². The van der Waals surface area contributed by atoms with Gasteiger partial charge in [0.25, 0.3) is 0 Å². The van der Waals surface area contributed by atoms with Crippen molar-refractivity contribution in [3.8, 4) is 0 Å². The summed E-state index contributed by atoms with van der Waals surface area (Å²) in [4.78, 5) is 31.9. The molecule has 3 aromatic carbocycles. The summed E-state index contributed by atoms with van der Waals surface area (Å²) in [6, 6.07) is 20.1. The molecular weight excluding hydrogens is 499 g/mol. The van der Waals surface area contributed by atoms with Crippen LogP contribution in [0.4, 0.5) is 24.5 Å². The molecular formula is C25H19ClF3N3O2S. The van der Waals surface area contributed by atoms with E-state index in [-0.39, 0.29) is 35.6 Å². The van der Waals surface area contributed by atoms with E-state index in [0.29, 0.717) is 10.7 Å². The second kappa shape index (κ2) is 10.5. The first kappa shape index (κ1) is 24.8. The van der Waals surface area contributed by atoms with Crippen molar-refractivity contribution in [1.82, 2.24) is 4.90 Å². The fourth-order valence-electron chi connectivity index (χ4n) is 3.35. The minimum atomic E-state index is -4.47. The molecule has 1 saturated heterocycles. The summed E-state index contributed by atoms with van der Waals surface area (Å²) in [6.45, 7) is 0.220. The number of anilines is 1. The van der Waals surface area contributed by atoms with E-state index in [1.165, 1.54) is 17.0 Å². The normalized spacial score (nSPS) is 17.5. The standard InChI is InChI=1S/C25H19ClF3N3O2S/c26-18-8-12-19(13-9-18)30-23(34)21-14-22(33)32(15-16-4-2-1-3-5-16)24(35-21)31-20-10-6-17(7-11-20)25(27,28)29/h1-13,21H,14-15H2,(H,30,34)/t21-/m0/s1. The third-order valence-corrected chi connectivity index (χ3v) is 6.59. The zero-order valence-electron chi connectivity index (χ0n) is 18.1. The fourth-order valence-corrected chi connectivity index (χ4v) is 4.58. The highest BCUT2D eigenvalue weighted by Crippen LogP contribution is 2.33. The van der Waals surface area contributed by atoms with E-state index in [1.807, 2.05) is 30.3 Å². The van der Waals surface area contributed by atoms with Gasteiger partial charge in [0.2, 0.25) is 11.8 Å². The molecule has 0 aliphatic carbocycles. The first-order valence-electron chi connectivity index (χ1n) is 10.5. The summed E-state index contributed by atoms with van der Waals surface area (Å²) in [5, 5.41) is 2.76. The number of nitrogens with zero attached hydrogens (tertiary/aromatic N) is 2. The molecule has 0 radical (unpaired) electrons. The van der Waals surface area contributed by atoms with Crippen molar-refractivity contribution in [3.05, 3.63) is 95.0 Å². The fraction of sp³-hybridized carbons (Fsp3) is 0.160. The van der Waals surface area contributed by atoms with Gasteiger partial charge in [-0.15, -0.1) is 0 Å². The highest BCUT2D eigenvalue weighted by Gasteiger charge is 2.36. The van der Waals surface area contributed by atoms with Crippen molar-refractivity contribution in [1.29, 1.82) is 0 Å². The molecule has 10 heteroatoms. The number of rotatable bonds is 5. The summed E-state index contributed by atoms with van der Waals surface area (Å²) in [6.07, 6.45) is -4.52. The summed E-state index contributed by atoms with van der Waals surface area (Å²) in [5.41, 5.74) is 0.825. The Labute approximate surface area is 209 Å². The molecule has 180 valence electrons. The number of hydrogen-bond acceptors (Lipinski definition) is 4. The van der Waals surface area contributed by atoms with E-state index < -0.39 is 17.0 Å². The molecule has 4 rings (SSSR count). The van der Waals surface area contributed by atoms with Crippen LogP contribution in [0.2, 0.25) is 5.02 Å². The van der Waals surface area contributed by atoms with Crippen LogP contribution >= 0.6 is 23.4 Å². The lowest BCUT2D eigenvalue weighted by Gasteiger charge is -2.32. The molecule has 1 aliphatic heterocycles.